The van der Waals surface area contributed by atoms with E-state index in [0.29, 0.717) is 13.0 Å². The van der Waals surface area contributed by atoms with E-state index >= 15 is 24.0 Å². The highest BCUT2D eigenvalue weighted by atomic mass is 16.5. The summed E-state index contributed by atoms with van der Waals surface area (Å²) in [6, 6.07) is -8.60. The van der Waals surface area contributed by atoms with Crippen molar-refractivity contribution in [2.45, 2.75) is 230 Å². The Kier molecular flexibility index (Phi) is 35.3. The van der Waals surface area contributed by atoms with E-state index in [9.17, 15) is 33.9 Å². The van der Waals surface area contributed by atoms with Crippen molar-refractivity contribution in [3.05, 3.63) is 12.2 Å². The summed E-state index contributed by atoms with van der Waals surface area (Å²) in [5.41, 5.74) is 0. The van der Waals surface area contributed by atoms with Crippen LogP contribution in [-0.4, -0.2) is 240 Å². The summed E-state index contributed by atoms with van der Waals surface area (Å²) < 4.78 is 6.27. The SMILES string of the molecule is C/C=C/C[C@@H](C)[C@@H](O)[C@H]1C(=O)N[C@@H](CC)C(=O)N(C)[C@H](OCCN(C)C)C(=O)N(C)[C@@H](CC(C)C)C(=O)C[C@@H](C(C)C)C(=O)N(C)[C@@H](CC(C)C)C(=O)C[C@@H](C)C(=O)C[C@H](C)C(=O)N(C)[C@@H](CC(C)C)C(=O)N(C)[C@@H](CC(C)C)C(=O)N(C)[C@@H](C(C)C)C(=O)N1C. The molecule has 0 aromatic rings. The van der Waals surface area contributed by atoms with Crippen LogP contribution in [0.15, 0.2) is 12.2 Å². The van der Waals surface area contributed by atoms with Crippen molar-refractivity contribution in [2.75, 3.05) is 76.6 Å². The second-order valence-electron chi connectivity index (χ2n) is 28.8. The largest absolute Gasteiger partial charge is 0.390 e. The maximum atomic E-state index is 15.3. The van der Waals surface area contributed by atoms with Gasteiger partial charge in [-0.2, -0.15) is 0 Å². The molecule has 1 aliphatic rings. The molecule has 13 atom stereocenters. The molecule has 22 heteroatoms. The number of allylic oxidation sites excluding steroid dienone is 2. The zero-order valence-electron chi connectivity index (χ0n) is 60.8. The number of nitrogens with zero attached hydrogens (tertiary/aromatic N) is 8. The van der Waals surface area contributed by atoms with E-state index in [2.05, 4.69) is 5.32 Å². The summed E-state index contributed by atoms with van der Waals surface area (Å²) in [6.07, 6.45) is 0.678. The highest BCUT2D eigenvalue weighted by Crippen LogP contribution is 2.29. The molecule has 1 fully saturated rings. The zero-order valence-corrected chi connectivity index (χ0v) is 60.8. The number of ketones is 3. The van der Waals surface area contributed by atoms with Crippen LogP contribution in [0.3, 0.4) is 0 Å². The van der Waals surface area contributed by atoms with Crippen LogP contribution in [0, 0.1) is 59.2 Å². The lowest BCUT2D eigenvalue weighted by Gasteiger charge is -2.41. The highest BCUT2D eigenvalue weighted by Gasteiger charge is 2.46. The summed E-state index contributed by atoms with van der Waals surface area (Å²) in [5, 5.41) is 15.1. The topological polar surface area (TPSA) is 255 Å². The smallest absolute Gasteiger partial charge is 0.273 e. The molecule has 0 aromatic carbocycles. The Labute approximate surface area is 547 Å². The van der Waals surface area contributed by atoms with Crippen molar-refractivity contribution in [1.82, 2.24) is 44.5 Å². The standard InChI is InChI=1S/C69H123N9O13/c1-27-29-30-46(15)60(82)59-61(83)70-50(28-2)64(86)78(26)69(91-32-31-71(18)19)68(90)73(21)52(34-41(5)6)57(81)39-49(44(11)12)63(85)72(20)51(33-40(3)4)56(80)37-47(16)55(79)38-48(17)62(84)74(22)53(35-42(7)8)65(87)75(23)54(36-43(9)10)66(88)76(24)58(45(13)14)67(89)77(59)25/h27,29,40-54,58-60,69,82H,28,30-39H2,1-26H3,(H,70,83)/b29-27+/t46-,47-,48+,49+,50+,51+,52+,53+,54+,58+,59+,60-,69-/m1/s1. The fraction of sp³-hybridized carbons (Fsp3) is 0.812. The maximum absolute atomic E-state index is 15.3. The van der Waals surface area contributed by atoms with Gasteiger partial charge in [-0.3, -0.25) is 52.7 Å². The predicted octanol–water partition coefficient (Wildman–Crippen LogP) is 6.45. The fourth-order valence-corrected chi connectivity index (χ4v) is 12.0. The summed E-state index contributed by atoms with van der Waals surface area (Å²) >= 11 is 0. The van der Waals surface area contributed by atoms with E-state index in [1.165, 1.54) is 73.8 Å². The predicted molar refractivity (Wildman–Crippen MR) is 355 cm³/mol. The van der Waals surface area contributed by atoms with Gasteiger partial charge >= 0.3 is 0 Å². The van der Waals surface area contributed by atoms with Crippen LogP contribution in [-0.2, 0) is 57.5 Å². The molecule has 0 radical (unpaired) electrons. The monoisotopic (exact) mass is 1290 g/mol. The van der Waals surface area contributed by atoms with Crippen LogP contribution < -0.4 is 5.32 Å². The first-order chi connectivity index (χ1) is 42.0. The first kappa shape index (κ1) is 83.4. The molecule has 0 bridgehead atoms. The zero-order chi connectivity index (χ0) is 70.5. The van der Waals surface area contributed by atoms with Crippen LogP contribution in [0.2, 0.25) is 0 Å². The lowest BCUT2D eigenvalue weighted by atomic mass is 9.84. The van der Waals surface area contributed by atoms with E-state index in [4.69, 9.17) is 4.74 Å². The van der Waals surface area contributed by atoms with Gasteiger partial charge in [0.2, 0.25) is 47.6 Å². The van der Waals surface area contributed by atoms with E-state index in [1.807, 2.05) is 66.4 Å². The Bertz CT molecular complexity index is 2460. The van der Waals surface area contributed by atoms with Gasteiger partial charge in [-0.05, 0) is 101 Å². The molecular weight excluding hydrogens is 1160 g/mol. The van der Waals surface area contributed by atoms with E-state index in [-0.39, 0.29) is 93.2 Å². The van der Waals surface area contributed by atoms with Crippen LogP contribution in [0.1, 0.15) is 175 Å². The molecule has 1 rings (SSSR count). The number of hydrogen-bond donors (Lipinski definition) is 2. The van der Waals surface area contributed by atoms with Crippen molar-refractivity contribution in [1.29, 1.82) is 0 Å². The van der Waals surface area contributed by atoms with Gasteiger partial charge in [0, 0.05) is 92.9 Å². The van der Waals surface area contributed by atoms with Gasteiger partial charge in [0.15, 0.2) is 11.6 Å². The number of carbonyl (C=O) groups is 11. The molecule has 8 amide bonds. The number of aliphatic hydroxyl groups is 1. The number of likely N-dealkylation sites (N-methyl/N-ethyl adjacent to an activating group) is 8. The Morgan fingerprint density at radius 1 is 0.505 bits per heavy atom. The summed E-state index contributed by atoms with van der Waals surface area (Å²) in [6.45, 7) is 30.9. The first-order valence-corrected chi connectivity index (χ1v) is 33.3. The Balaban J connectivity index is 4.52. The van der Waals surface area contributed by atoms with Gasteiger partial charge in [-0.15, -0.1) is 0 Å². The number of carbonyl (C=O) groups excluding carboxylic acids is 11. The first-order valence-electron chi connectivity index (χ1n) is 33.3. The average Bonchev–Trinajstić information content (AvgIpc) is 0.906. The van der Waals surface area contributed by atoms with Crippen molar-refractivity contribution < 1.29 is 62.6 Å². The van der Waals surface area contributed by atoms with Crippen molar-refractivity contribution in [3.8, 4) is 0 Å². The molecule has 522 valence electrons. The van der Waals surface area contributed by atoms with Crippen LogP contribution in [0.5, 0.6) is 0 Å². The number of hydrogen-bond acceptors (Lipinski definition) is 14. The van der Waals surface area contributed by atoms with Crippen molar-refractivity contribution in [2.24, 2.45) is 59.2 Å². The quantitative estimate of drug-likeness (QED) is 0.132. The molecule has 0 aromatic heterocycles. The molecule has 91 heavy (non-hydrogen) atoms. The van der Waals surface area contributed by atoms with Crippen LogP contribution in [0.25, 0.3) is 0 Å². The van der Waals surface area contributed by atoms with Crippen LogP contribution in [0.4, 0.5) is 0 Å². The Morgan fingerprint density at radius 3 is 1.36 bits per heavy atom. The van der Waals surface area contributed by atoms with E-state index in [1.54, 1.807) is 82.5 Å². The molecule has 0 spiro atoms. The number of nitrogens with one attached hydrogen (secondary N) is 1. The molecule has 0 unspecified atom stereocenters. The third-order valence-electron chi connectivity index (χ3n) is 18.0. The molecule has 2 N–H and O–H groups in total. The molecule has 22 nitrogen and oxygen atoms in total. The summed E-state index contributed by atoms with van der Waals surface area (Å²) in [5.74, 6) is -11.3. The average molecular weight is 1290 g/mol. The number of ether oxygens (including phenoxy) is 1. The van der Waals surface area contributed by atoms with Gasteiger partial charge in [0.05, 0.1) is 24.8 Å². The van der Waals surface area contributed by atoms with Crippen LogP contribution >= 0.6 is 0 Å². The van der Waals surface area contributed by atoms with Gasteiger partial charge < -0.3 is 54.4 Å². The van der Waals surface area contributed by atoms with Gasteiger partial charge in [0.25, 0.3) is 5.91 Å². The number of rotatable bonds is 19. The van der Waals surface area contributed by atoms with E-state index < -0.39 is 143 Å². The lowest BCUT2D eigenvalue weighted by Crippen LogP contribution is -2.64. The Morgan fingerprint density at radius 2 is 0.923 bits per heavy atom. The maximum Gasteiger partial charge on any atom is 0.273 e. The molecule has 1 saturated heterocycles. The van der Waals surface area contributed by atoms with Crippen molar-refractivity contribution >= 4 is 64.6 Å². The highest BCUT2D eigenvalue weighted by molar-refractivity contribution is 5.99. The van der Waals surface area contributed by atoms with Gasteiger partial charge in [-0.1, -0.05) is 123 Å². The summed E-state index contributed by atoms with van der Waals surface area (Å²) in [4.78, 5) is 174. The number of amides is 8. The molecule has 1 aliphatic heterocycles. The molecule has 0 saturated carbocycles. The Hall–Kier alpha value is -5.61. The number of aliphatic hydroxyl groups excluding tert-OH is 1. The third-order valence-corrected chi connectivity index (χ3v) is 18.0. The number of Topliss-reactive ketones (excluding diaryl/α,β-unsaturated/α-hetero) is 3. The molecule has 1 heterocycles. The van der Waals surface area contributed by atoms with E-state index in [0.717, 1.165) is 9.80 Å². The lowest BCUT2D eigenvalue weighted by molar-refractivity contribution is -0.168. The minimum Gasteiger partial charge on any atom is -0.390 e. The normalized spacial score (nSPS) is 27.1. The van der Waals surface area contributed by atoms with Gasteiger partial charge in [0.1, 0.15) is 36.0 Å². The summed E-state index contributed by atoms with van der Waals surface area (Å²) in [7, 11) is 13.7. The molecule has 0 aliphatic carbocycles. The van der Waals surface area contributed by atoms with Gasteiger partial charge in [-0.25, -0.2) is 0 Å². The van der Waals surface area contributed by atoms with Crippen molar-refractivity contribution in [3.63, 3.8) is 0 Å². The minimum absolute atomic E-state index is 0.0252. The second kappa shape index (κ2) is 38.5. The second-order valence-corrected chi connectivity index (χ2v) is 28.8. The fourth-order valence-electron chi connectivity index (χ4n) is 12.0. The third kappa shape index (κ3) is 24.0. The molecular formula is C69H123N9O13. The minimum atomic E-state index is -1.64.